The highest BCUT2D eigenvalue weighted by atomic mass is 35.5. The molecule has 29 heavy (non-hydrogen) atoms. The Bertz CT molecular complexity index is 1020. The van der Waals surface area contributed by atoms with Gasteiger partial charge in [-0.25, -0.2) is 14.1 Å². The molecule has 150 valence electrons. The van der Waals surface area contributed by atoms with Crippen molar-refractivity contribution in [2.24, 2.45) is 0 Å². The Morgan fingerprint density at radius 2 is 1.79 bits per heavy atom. The first-order valence-electron chi connectivity index (χ1n) is 8.61. The van der Waals surface area contributed by atoms with Gasteiger partial charge >= 0.3 is 5.97 Å². The monoisotopic (exact) mass is 436 g/mol. The molecule has 0 aromatic heterocycles. The first kappa shape index (κ1) is 20.8. The number of carbonyl (C=O) groups is 3. The maximum Gasteiger partial charge on any atom is 0.338 e. The van der Waals surface area contributed by atoms with Crippen LogP contribution in [0.15, 0.2) is 53.2 Å². The summed E-state index contributed by atoms with van der Waals surface area (Å²) >= 11 is 11.8. The number of benzene rings is 2. The van der Waals surface area contributed by atoms with Crippen LogP contribution in [0.2, 0.25) is 5.02 Å². The van der Waals surface area contributed by atoms with Crippen LogP contribution in [-0.2, 0) is 14.3 Å². The lowest BCUT2D eigenvalue weighted by Crippen LogP contribution is -2.32. The Morgan fingerprint density at radius 3 is 2.41 bits per heavy atom. The van der Waals surface area contributed by atoms with E-state index >= 15 is 0 Å². The fourth-order valence-electron chi connectivity index (χ4n) is 2.59. The summed E-state index contributed by atoms with van der Waals surface area (Å²) in [6.07, 6.45) is 0.694. The Labute approximate surface area is 175 Å². The number of hydrogen-bond acceptors (Lipinski definition) is 5. The van der Waals surface area contributed by atoms with Crippen molar-refractivity contribution in [3.63, 3.8) is 0 Å². The Hall–Kier alpha value is -2.90. The fourth-order valence-corrected chi connectivity index (χ4v) is 2.98. The fraction of sp³-hybridized carbons (Fsp3) is 0.150. The normalized spacial score (nSPS) is 13.9. The van der Waals surface area contributed by atoms with Gasteiger partial charge in [-0.1, -0.05) is 30.1 Å². The molecule has 9 heteroatoms. The number of halogens is 3. The quantitative estimate of drug-likeness (QED) is 0.533. The van der Waals surface area contributed by atoms with Crippen LogP contribution in [0.4, 0.5) is 15.8 Å². The van der Waals surface area contributed by atoms with Crippen LogP contribution in [0.3, 0.4) is 0 Å². The van der Waals surface area contributed by atoms with Crippen molar-refractivity contribution in [1.29, 1.82) is 0 Å². The van der Waals surface area contributed by atoms with Gasteiger partial charge in [-0.15, -0.1) is 0 Å². The molecule has 0 aliphatic carbocycles. The van der Waals surface area contributed by atoms with Crippen molar-refractivity contribution in [3.8, 4) is 0 Å². The number of esters is 1. The zero-order valence-corrected chi connectivity index (χ0v) is 16.7. The van der Waals surface area contributed by atoms with Gasteiger partial charge in [0.1, 0.15) is 16.5 Å². The van der Waals surface area contributed by atoms with Gasteiger partial charge in [-0.05, 0) is 48.9 Å². The number of hydrogen-bond donors (Lipinski definition) is 1. The molecule has 2 amide bonds. The number of anilines is 2. The van der Waals surface area contributed by atoms with E-state index in [1.165, 1.54) is 36.4 Å². The summed E-state index contributed by atoms with van der Waals surface area (Å²) in [4.78, 5) is 38.0. The minimum absolute atomic E-state index is 0.147. The van der Waals surface area contributed by atoms with E-state index in [-0.39, 0.29) is 21.4 Å². The molecule has 0 unspecified atom stereocenters. The summed E-state index contributed by atoms with van der Waals surface area (Å²) in [5.41, 5.74) is 0.658. The molecule has 0 fully saturated rings. The van der Waals surface area contributed by atoms with Crippen LogP contribution in [0.25, 0.3) is 0 Å². The van der Waals surface area contributed by atoms with Crippen molar-refractivity contribution in [2.75, 3.05) is 16.8 Å². The molecule has 0 atom stereocenters. The smallest absolute Gasteiger partial charge is 0.338 e. The lowest BCUT2D eigenvalue weighted by Gasteiger charge is -2.15. The van der Waals surface area contributed by atoms with Gasteiger partial charge < -0.3 is 10.1 Å². The van der Waals surface area contributed by atoms with E-state index in [9.17, 15) is 18.8 Å². The van der Waals surface area contributed by atoms with Gasteiger partial charge in [-0.2, -0.15) is 0 Å². The van der Waals surface area contributed by atoms with E-state index in [2.05, 4.69) is 5.32 Å². The van der Waals surface area contributed by atoms with Crippen molar-refractivity contribution < 1.29 is 23.5 Å². The number of nitrogens with zero attached hydrogens (tertiary/aromatic N) is 1. The number of nitrogens with one attached hydrogen (secondary N) is 1. The molecule has 2 aromatic rings. The number of carbonyl (C=O) groups excluding carboxylic acids is 3. The highest BCUT2D eigenvalue weighted by molar-refractivity contribution is 6.53. The van der Waals surface area contributed by atoms with Crippen molar-refractivity contribution in [1.82, 2.24) is 0 Å². The molecule has 0 radical (unpaired) electrons. The molecular formula is C20H15Cl2FN2O4. The highest BCUT2D eigenvalue weighted by Gasteiger charge is 2.39. The van der Waals surface area contributed by atoms with Crippen molar-refractivity contribution >= 4 is 52.4 Å². The number of ether oxygens (including phenoxy) is 1. The second-order valence-corrected chi connectivity index (χ2v) is 6.86. The highest BCUT2D eigenvalue weighted by Crippen LogP contribution is 2.31. The third-order valence-corrected chi connectivity index (χ3v) is 4.66. The largest absolute Gasteiger partial charge is 0.462 e. The molecule has 0 spiro atoms. The van der Waals surface area contributed by atoms with Crippen molar-refractivity contribution in [2.45, 2.75) is 13.3 Å². The third kappa shape index (κ3) is 4.26. The van der Waals surface area contributed by atoms with Crippen LogP contribution < -0.4 is 10.2 Å². The van der Waals surface area contributed by atoms with Gasteiger partial charge in [0, 0.05) is 5.69 Å². The molecule has 1 aliphatic rings. The molecule has 1 heterocycles. The first-order valence-corrected chi connectivity index (χ1v) is 9.37. The molecule has 6 nitrogen and oxygen atoms in total. The molecule has 1 aliphatic heterocycles. The number of rotatable bonds is 6. The zero-order chi connectivity index (χ0) is 21.1. The van der Waals surface area contributed by atoms with Crippen LogP contribution in [0, 0.1) is 5.82 Å². The van der Waals surface area contributed by atoms with Gasteiger partial charge in [0.15, 0.2) is 0 Å². The lowest BCUT2D eigenvalue weighted by molar-refractivity contribution is -0.120. The van der Waals surface area contributed by atoms with Crippen LogP contribution >= 0.6 is 23.2 Å². The molecule has 0 bridgehead atoms. The summed E-state index contributed by atoms with van der Waals surface area (Å²) in [5, 5.41) is 2.24. The Kier molecular flexibility index (Phi) is 6.20. The maximum atomic E-state index is 13.3. The van der Waals surface area contributed by atoms with E-state index in [4.69, 9.17) is 27.9 Å². The van der Waals surface area contributed by atoms with Gasteiger partial charge in [0.25, 0.3) is 11.8 Å². The topological polar surface area (TPSA) is 75.7 Å². The number of amides is 2. The van der Waals surface area contributed by atoms with Crippen molar-refractivity contribution in [3.05, 3.63) is 69.6 Å². The van der Waals surface area contributed by atoms with E-state index in [0.29, 0.717) is 24.3 Å². The Balaban J connectivity index is 1.80. The number of imide groups is 1. The molecule has 3 rings (SSSR count). The molecule has 0 saturated heterocycles. The minimum Gasteiger partial charge on any atom is -0.462 e. The standard InChI is InChI=1S/C20H15Cl2FN2O4/c1-2-9-29-20(28)11-3-6-13(7-4-11)25-18(26)16(22)17(19(25)27)24-12-5-8-15(23)14(21)10-12/h3-8,10,24H,2,9H2,1H3. The molecule has 1 N–H and O–H groups in total. The maximum absolute atomic E-state index is 13.3. The summed E-state index contributed by atoms with van der Waals surface area (Å²) < 4.78 is 18.3. The second kappa shape index (κ2) is 8.63. The summed E-state index contributed by atoms with van der Waals surface area (Å²) in [7, 11) is 0. The minimum atomic E-state index is -0.728. The van der Waals surface area contributed by atoms with E-state index in [0.717, 1.165) is 11.0 Å². The molecule has 2 aromatic carbocycles. The third-order valence-electron chi connectivity index (χ3n) is 4.01. The SMILES string of the molecule is CCCOC(=O)c1ccc(N2C(=O)C(Cl)=C(Nc3ccc(F)c(Cl)c3)C2=O)cc1. The van der Waals surface area contributed by atoms with Gasteiger partial charge in [0.05, 0.1) is 22.9 Å². The van der Waals surface area contributed by atoms with E-state index in [1.807, 2.05) is 6.92 Å². The predicted octanol–water partition coefficient (Wildman–Crippen LogP) is 4.48. The average Bonchev–Trinajstić information content (AvgIpc) is 2.92. The average molecular weight is 437 g/mol. The van der Waals surface area contributed by atoms with Crippen LogP contribution in [0.5, 0.6) is 0 Å². The molecule has 0 saturated carbocycles. The second-order valence-electron chi connectivity index (χ2n) is 6.07. The molecular weight excluding hydrogens is 422 g/mol. The summed E-state index contributed by atoms with van der Waals surface area (Å²) in [5.74, 6) is -2.54. The van der Waals surface area contributed by atoms with Gasteiger partial charge in [-0.3, -0.25) is 9.59 Å². The van der Waals surface area contributed by atoms with Gasteiger partial charge in [0.2, 0.25) is 0 Å². The van der Waals surface area contributed by atoms with E-state index in [1.54, 1.807) is 0 Å². The lowest BCUT2D eigenvalue weighted by atomic mass is 10.2. The van der Waals surface area contributed by atoms with Crippen LogP contribution in [-0.4, -0.2) is 24.4 Å². The predicted molar refractivity (Wildman–Crippen MR) is 107 cm³/mol. The summed E-state index contributed by atoms with van der Waals surface area (Å²) in [6, 6.07) is 9.54. The van der Waals surface area contributed by atoms with Crippen LogP contribution in [0.1, 0.15) is 23.7 Å². The Morgan fingerprint density at radius 1 is 1.10 bits per heavy atom. The zero-order valence-electron chi connectivity index (χ0n) is 15.2. The summed E-state index contributed by atoms with van der Waals surface area (Å²) in [6.45, 7) is 2.18. The first-order chi connectivity index (χ1) is 13.8. The van der Waals surface area contributed by atoms with E-state index < -0.39 is 23.6 Å².